The summed E-state index contributed by atoms with van der Waals surface area (Å²) in [7, 11) is 0. The van der Waals surface area contributed by atoms with Gasteiger partial charge in [0.05, 0.1) is 13.1 Å². The maximum atomic E-state index is 11.9. The lowest BCUT2D eigenvalue weighted by Crippen LogP contribution is -2.39. The van der Waals surface area contributed by atoms with E-state index in [-0.39, 0.29) is 11.9 Å². The Morgan fingerprint density at radius 2 is 2.13 bits per heavy atom. The number of rotatable bonds is 7. The smallest absolute Gasteiger partial charge is 0.247 e. The Labute approximate surface area is 136 Å². The van der Waals surface area contributed by atoms with Crippen molar-refractivity contribution in [2.45, 2.75) is 40.3 Å². The number of carbonyl (C=O) groups is 1. The molecule has 1 amide bonds. The van der Waals surface area contributed by atoms with Gasteiger partial charge in [0.15, 0.2) is 0 Å². The number of hydrogen-bond donors (Lipinski definition) is 1. The molecule has 23 heavy (non-hydrogen) atoms. The van der Waals surface area contributed by atoms with Gasteiger partial charge < -0.3 is 9.73 Å². The van der Waals surface area contributed by atoms with Crippen molar-refractivity contribution >= 4 is 5.91 Å². The van der Waals surface area contributed by atoms with Gasteiger partial charge in [0.2, 0.25) is 17.7 Å². The first-order chi connectivity index (χ1) is 11.0. The van der Waals surface area contributed by atoms with Crippen molar-refractivity contribution in [1.29, 1.82) is 0 Å². The number of benzene rings is 1. The van der Waals surface area contributed by atoms with Gasteiger partial charge in [-0.2, -0.15) is 0 Å². The van der Waals surface area contributed by atoms with Crippen LogP contribution in [-0.2, 0) is 11.3 Å². The van der Waals surface area contributed by atoms with Crippen molar-refractivity contribution < 1.29 is 9.21 Å². The Kier molecular flexibility index (Phi) is 5.87. The Morgan fingerprint density at radius 1 is 1.35 bits per heavy atom. The molecule has 1 aromatic carbocycles. The largest absolute Gasteiger partial charge is 0.419 e. The normalized spacial score (nSPS) is 11.2. The van der Waals surface area contributed by atoms with Crippen LogP contribution in [0.1, 0.15) is 32.2 Å². The topological polar surface area (TPSA) is 71.3 Å². The second-order valence-corrected chi connectivity index (χ2v) is 5.90. The van der Waals surface area contributed by atoms with Crippen LogP contribution < -0.4 is 5.32 Å². The fraction of sp³-hybridized carbons (Fsp3) is 0.471. The molecule has 0 saturated carbocycles. The molecule has 0 aliphatic carbocycles. The van der Waals surface area contributed by atoms with E-state index >= 15 is 0 Å². The summed E-state index contributed by atoms with van der Waals surface area (Å²) in [5.74, 6) is 1.02. The molecule has 0 saturated heterocycles. The number of nitrogens with one attached hydrogen (secondary N) is 1. The van der Waals surface area contributed by atoms with Gasteiger partial charge in [0.25, 0.3) is 0 Å². The maximum Gasteiger partial charge on any atom is 0.247 e. The molecule has 0 aliphatic rings. The molecule has 0 fully saturated rings. The first-order valence-corrected chi connectivity index (χ1v) is 7.89. The zero-order chi connectivity index (χ0) is 16.8. The lowest BCUT2D eigenvalue weighted by Gasteiger charge is -2.18. The second-order valence-electron chi connectivity index (χ2n) is 5.90. The average Bonchev–Trinajstić information content (AvgIpc) is 2.94. The van der Waals surface area contributed by atoms with Crippen molar-refractivity contribution in [1.82, 2.24) is 20.4 Å². The molecule has 0 unspecified atom stereocenters. The second kappa shape index (κ2) is 7.87. The van der Waals surface area contributed by atoms with E-state index in [0.29, 0.717) is 24.9 Å². The molecule has 0 spiro atoms. The van der Waals surface area contributed by atoms with Crippen molar-refractivity contribution in [2.24, 2.45) is 0 Å². The molecule has 2 aromatic rings. The van der Waals surface area contributed by atoms with Gasteiger partial charge in [-0.15, -0.1) is 10.2 Å². The summed E-state index contributed by atoms with van der Waals surface area (Å²) in [5.41, 5.74) is 2.05. The minimum absolute atomic E-state index is 0.000253. The van der Waals surface area contributed by atoms with E-state index in [1.54, 1.807) is 0 Å². The van der Waals surface area contributed by atoms with Crippen LogP contribution in [-0.4, -0.2) is 40.1 Å². The number of nitrogens with zero attached hydrogens (tertiary/aromatic N) is 3. The molecule has 0 aliphatic heterocycles. The molecular formula is C17H24N4O2. The predicted molar refractivity (Wildman–Crippen MR) is 88.7 cm³/mol. The van der Waals surface area contributed by atoms with Crippen LogP contribution >= 0.6 is 0 Å². The van der Waals surface area contributed by atoms with Crippen LogP contribution in [0.4, 0.5) is 0 Å². The highest BCUT2D eigenvalue weighted by Crippen LogP contribution is 2.19. The van der Waals surface area contributed by atoms with E-state index in [9.17, 15) is 4.79 Å². The highest BCUT2D eigenvalue weighted by atomic mass is 16.4. The Bertz CT molecular complexity index is 652. The SMILES string of the molecule is CCN(CC(=O)NC(C)C)Cc1nnc(-c2cccc(C)c2)o1. The van der Waals surface area contributed by atoms with E-state index in [1.807, 2.05) is 56.9 Å². The van der Waals surface area contributed by atoms with Crippen molar-refractivity contribution in [2.75, 3.05) is 13.1 Å². The number of amides is 1. The molecule has 1 aromatic heterocycles. The minimum atomic E-state index is 0.000253. The molecule has 0 bridgehead atoms. The highest BCUT2D eigenvalue weighted by molar-refractivity contribution is 5.78. The molecular weight excluding hydrogens is 292 g/mol. The van der Waals surface area contributed by atoms with E-state index in [4.69, 9.17) is 4.42 Å². The predicted octanol–water partition coefficient (Wildman–Crippen LogP) is 2.39. The summed E-state index contributed by atoms with van der Waals surface area (Å²) in [6, 6.07) is 8.07. The lowest BCUT2D eigenvalue weighted by molar-refractivity contribution is -0.122. The van der Waals surface area contributed by atoms with Crippen LogP contribution in [0, 0.1) is 6.92 Å². The zero-order valence-corrected chi connectivity index (χ0v) is 14.2. The zero-order valence-electron chi connectivity index (χ0n) is 14.2. The van der Waals surface area contributed by atoms with Crippen molar-refractivity contribution in [3.63, 3.8) is 0 Å². The summed E-state index contributed by atoms with van der Waals surface area (Å²) in [6.07, 6.45) is 0. The van der Waals surface area contributed by atoms with Crippen LogP contribution in [0.25, 0.3) is 11.5 Å². The van der Waals surface area contributed by atoms with Crippen LogP contribution in [0.5, 0.6) is 0 Å². The summed E-state index contributed by atoms with van der Waals surface area (Å²) in [5, 5.41) is 11.1. The Balaban J connectivity index is 2.01. The molecule has 1 N–H and O–H groups in total. The molecule has 2 rings (SSSR count). The van der Waals surface area contributed by atoms with E-state index in [2.05, 4.69) is 15.5 Å². The van der Waals surface area contributed by atoms with Crippen LogP contribution in [0.3, 0.4) is 0 Å². The monoisotopic (exact) mass is 316 g/mol. The maximum absolute atomic E-state index is 11.9. The first kappa shape index (κ1) is 17.1. The molecule has 6 nitrogen and oxygen atoms in total. The minimum Gasteiger partial charge on any atom is -0.419 e. The highest BCUT2D eigenvalue weighted by Gasteiger charge is 2.15. The molecule has 124 valence electrons. The molecule has 0 atom stereocenters. The average molecular weight is 316 g/mol. The van der Waals surface area contributed by atoms with E-state index in [0.717, 1.165) is 17.7 Å². The fourth-order valence-electron chi connectivity index (χ4n) is 2.25. The van der Waals surface area contributed by atoms with Crippen molar-refractivity contribution in [3.8, 4) is 11.5 Å². The third-order valence-electron chi connectivity index (χ3n) is 3.35. The van der Waals surface area contributed by atoms with E-state index < -0.39 is 0 Å². The van der Waals surface area contributed by atoms with Crippen LogP contribution in [0.2, 0.25) is 0 Å². The van der Waals surface area contributed by atoms with Gasteiger partial charge in [-0.3, -0.25) is 9.69 Å². The number of aryl methyl sites for hydroxylation is 1. The summed E-state index contributed by atoms with van der Waals surface area (Å²) >= 11 is 0. The fourth-order valence-corrected chi connectivity index (χ4v) is 2.25. The number of likely N-dealkylation sites (N-methyl/N-ethyl adjacent to an activating group) is 1. The third-order valence-corrected chi connectivity index (χ3v) is 3.35. The lowest BCUT2D eigenvalue weighted by atomic mass is 10.1. The van der Waals surface area contributed by atoms with Gasteiger partial charge >= 0.3 is 0 Å². The summed E-state index contributed by atoms with van der Waals surface area (Å²) in [6.45, 7) is 9.42. The molecule has 1 heterocycles. The summed E-state index contributed by atoms with van der Waals surface area (Å²) in [4.78, 5) is 13.8. The summed E-state index contributed by atoms with van der Waals surface area (Å²) < 4.78 is 5.72. The Morgan fingerprint density at radius 3 is 2.78 bits per heavy atom. The number of aromatic nitrogens is 2. The standard InChI is InChI=1S/C17H24N4O2/c1-5-21(10-15(22)18-12(2)3)11-16-19-20-17(23-16)14-8-6-7-13(4)9-14/h6-9,12H,5,10-11H2,1-4H3,(H,18,22). The molecule has 0 radical (unpaired) electrons. The van der Waals surface area contributed by atoms with Gasteiger partial charge in [-0.25, -0.2) is 0 Å². The van der Waals surface area contributed by atoms with Gasteiger partial charge in [0.1, 0.15) is 0 Å². The van der Waals surface area contributed by atoms with Crippen molar-refractivity contribution in [3.05, 3.63) is 35.7 Å². The van der Waals surface area contributed by atoms with Gasteiger partial charge in [-0.1, -0.05) is 24.6 Å². The van der Waals surface area contributed by atoms with Gasteiger partial charge in [-0.05, 0) is 39.4 Å². The first-order valence-electron chi connectivity index (χ1n) is 7.89. The van der Waals surface area contributed by atoms with Crippen LogP contribution in [0.15, 0.2) is 28.7 Å². The Hall–Kier alpha value is -2.21. The third kappa shape index (κ3) is 5.17. The van der Waals surface area contributed by atoms with Gasteiger partial charge in [0, 0.05) is 11.6 Å². The molecule has 6 heteroatoms. The number of hydrogen-bond acceptors (Lipinski definition) is 5. The van der Waals surface area contributed by atoms with E-state index in [1.165, 1.54) is 0 Å². The number of carbonyl (C=O) groups excluding carboxylic acids is 1. The quantitative estimate of drug-likeness (QED) is 0.849.